The van der Waals surface area contributed by atoms with E-state index in [0.29, 0.717) is 19.3 Å². The fraction of sp³-hybridized carbons (Fsp3) is 0.875. The second kappa shape index (κ2) is 42.5. The molecule has 0 spiro atoms. The summed E-state index contributed by atoms with van der Waals surface area (Å²) in [6, 6.07) is -0.702. The average molecular weight is 762 g/mol. The van der Waals surface area contributed by atoms with E-state index < -0.39 is 18.2 Å². The van der Waals surface area contributed by atoms with Crippen LogP contribution in [0.15, 0.2) is 24.3 Å². The van der Waals surface area contributed by atoms with Gasteiger partial charge < -0.3 is 20.3 Å². The lowest BCUT2D eigenvalue weighted by Crippen LogP contribution is -2.46. The molecule has 0 radical (unpaired) electrons. The number of allylic oxidation sites excluding steroid dienone is 4. The number of ether oxygens (including phenoxy) is 1. The average Bonchev–Trinajstić information content (AvgIpc) is 3.16. The van der Waals surface area contributed by atoms with Crippen LogP contribution in [0.5, 0.6) is 0 Å². The van der Waals surface area contributed by atoms with Gasteiger partial charge in [-0.3, -0.25) is 9.59 Å². The highest BCUT2D eigenvalue weighted by Crippen LogP contribution is 2.17. The predicted molar refractivity (Wildman–Crippen MR) is 232 cm³/mol. The molecule has 0 aliphatic carbocycles. The van der Waals surface area contributed by atoms with Gasteiger partial charge in [-0.1, -0.05) is 180 Å². The third-order valence-electron chi connectivity index (χ3n) is 10.8. The molecule has 0 aromatic carbocycles. The van der Waals surface area contributed by atoms with Gasteiger partial charge in [0.2, 0.25) is 5.91 Å². The Balaban J connectivity index is 4.62. The van der Waals surface area contributed by atoms with Gasteiger partial charge in [-0.2, -0.15) is 0 Å². The predicted octanol–water partition coefficient (Wildman–Crippen LogP) is 13.6. The molecule has 318 valence electrons. The van der Waals surface area contributed by atoms with Crippen molar-refractivity contribution >= 4 is 11.9 Å². The van der Waals surface area contributed by atoms with E-state index in [1.54, 1.807) is 0 Å². The Bertz CT molecular complexity index is 858. The van der Waals surface area contributed by atoms with Gasteiger partial charge in [0.05, 0.1) is 25.2 Å². The third-order valence-corrected chi connectivity index (χ3v) is 10.8. The van der Waals surface area contributed by atoms with Gasteiger partial charge in [0.15, 0.2) is 0 Å². The smallest absolute Gasteiger partial charge is 0.306 e. The fourth-order valence-electron chi connectivity index (χ4n) is 7.12. The van der Waals surface area contributed by atoms with Crippen LogP contribution in [0, 0.1) is 0 Å². The molecule has 3 N–H and O–H groups in total. The Morgan fingerprint density at radius 2 is 0.889 bits per heavy atom. The van der Waals surface area contributed by atoms with E-state index >= 15 is 0 Å². The molecule has 0 fully saturated rings. The minimum atomic E-state index is -0.787. The van der Waals surface area contributed by atoms with Crippen LogP contribution in [-0.2, 0) is 14.3 Å². The number of esters is 1. The van der Waals surface area contributed by atoms with Crippen LogP contribution in [0.3, 0.4) is 0 Å². The lowest BCUT2D eigenvalue weighted by molar-refractivity contribution is -0.151. The summed E-state index contributed by atoms with van der Waals surface area (Å²) in [5.41, 5.74) is 0. The molecule has 3 unspecified atom stereocenters. The Morgan fingerprint density at radius 3 is 1.37 bits per heavy atom. The molecule has 54 heavy (non-hydrogen) atoms. The Labute approximate surface area is 335 Å². The Kier molecular flexibility index (Phi) is 41.2. The lowest BCUT2D eigenvalue weighted by atomic mass is 10.0. The molecule has 0 saturated carbocycles. The van der Waals surface area contributed by atoms with Crippen molar-refractivity contribution in [2.24, 2.45) is 0 Å². The fourth-order valence-corrected chi connectivity index (χ4v) is 7.12. The summed E-state index contributed by atoms with van der Waals surface area (Å²) in [6.07, 6.45) is 46.6. The summed E-state index contributed by atoms with van der Waals surface area (Å²) in [5, 5.41) is 23.6. The number of carbonyl (C=O) groups excluding carboxylic acids is 2. The molecule has 3 atom stereocenters. The number of hydrogen-bond donors (Lipinski definition) is 3. The zero-order valence-electron chi connectivity index (χ0n) is 36.1. The van der Waals surface area contributed by atoms with E-state index in [2.05, 4.69) is 50.4 Å². The maximum Gasteiger partial charge on any atom is 0.306 e. The van der Waals surface area contributed by atoms with Gasteiger partial charge in [-0.15, -0.1) is 0 Å². The summed E-state index contributed by atoms with van der Waals surface area (Å²) in [4.78, 5) is 26.0. The van der Waals surface area contributed by atoms with Crippen molar-refractivity contribution in [2.75, 3.05) is 6.61 Å². The quantitative estimate of drug-likeness (QED) is 0.0327. The topological polar surface area (TPSA) is 95.9 Å². The lowest BCUT2D eigenvalue weighted by Gasteiger charge is -2.24. The largest absolute Gasteiger partial charge is 0.462 e. The molecular weight excluding hydrogens is 671 g/mol. The van der Waals surface area contributed by atoms with Gasteiger partial charge in [0.1, 0.15) is 6.10 Å². The summed E-state index contributed by atoms with van der Waals surface area (Å²) in [5.74, 6) is -0.495. The van der Waals surface area contributed by atoms with Crippen molar-refractivity contribution in [3.63, 3.8) is 0 Å². The van der Waals surface area contributed by atoms with Crippen LogP contribution in [-0.4, -0.2) is 46.9 Å². The molecule has 0 saturated heterocycles. The Hall–Kier alpha value is -1.66. The van der Waals surface area contributed by atoms with E-state index in [1.807, 2.05) is 0 Å². The molecule has 1 amide bonds. The van der Waals surface area contributed by atoms with Gasteiger partial charge in [-0.25, -0.2) is 0 Å². The van der Waals surface area contributed by atoms with Crippen LogP contribution in [0.2, 0.25) is 0 Å². The first-order valence-electron chi connectivity index (χ1n) is 23.6. The van der Waals surface area contributed by atoms with E-state index in [9.17, 15) is 19.8 Å². The van der Waals surface area contributed by atoms with E-state index in [0.717, 1.165) is 70.6 Å². The molecule has 6 heteroatoms. The molecule has 0 rings (SSSR count). The maximum absolute atomic E-state index is 13.1. The van der Waals surface area contributed by atoms with Crippen molar-refractivity contribution in [3.05, 3.63) is 24.3 Å². The van der Waals surface area contributed by atoms with E-state index in [4.69, 9.17) is 4.74 Å². The normalized spacial score (nSPS) is 13.5. The first kappa shape index (κ1) is 52.3. The van der Waals surface area contributed by atoms with Crippen LogP contribution in [0.25, 0.3) is 0 Å². The van der Waals surface area contributed by atoms with E-state index in [1.165, 1.54) is 128 Å². The number of amides is 1. The minimum Gasteiger partial charge on any atom is -0.462 e. The summed E-state index contributed by atoms with van der Waals surface area (Å²) >= 11 is 0. The van der Waals surface area contributed by atoms with Gasteiger partial charge in [0.25, 0.3) is 0 Å². The van der Waals surface area contributed by atoms with Crippen LogP contribution in [0.4, 0.5) is 0 Å². The van der Waals surface area contributed by atoms with Crippen LogP contribution < -0.4 is 5.32 Å². The van der Waals surface area contributed by atoms with Gasteiger partial charge in [0, 0.05) is 6.42 Å². The van der Waals surface area contributed by atoms with Crippen molar-refractivity contribution in [1.82, 2.24) is 5.32 Å². The third kappa shape index (κ3) is 37.3. The highest BCUT2D eigenvalue weighted by Gasteiger charge is 2.24. The van der Waals surface area contributed by atoms with E-state index in [-0.39, 0.29) is 24.9 Å². The molecule has 0 aromatic rings. The first-order valence-corrected chi connectivity index (χ1v) is 23.6. The standard InChI is InChI=1S/C48H91NO5/c1-4-7-10-13-16-19-21-23-24-25-28-30-33-36-39-44(54-48(53)41-38-35-32-29-26-22-20-17-14-11-8-5-2)42-47(52)49-45(43-50)46(51)40-37-34-31-27-18-15-12-9-6-3/h17,20,24-25,44-46,50-51H,4-16,18-19,21-23,26-43H2,1-3H3,(H,49,52)/b20-17-,25-24+. The van der Waals surface area contributed by atoms with Gasteiger partial charge in [-0.05, 0) is 77.0 Å². The second-order valence-corrected chi connectivity index (χ2v) is 16.2. The van der Waals surface area contributed by atoms with Crippen molar-refractivity contribution in [2.45, 2.75) is 264 Å². The molecular formula is C48H91NO5. The molecule has 0 aliphatic rings. The minimum absolute atomic E-state index is 0.0668. The molecule has 0 bridgehead atoms. The molecule has 0 aromatic heterocycles. The summed E-state index contributed by atoms with van der Waals surface area (Å²) in [6.45, 7) is 6.43. The number of nitrogens with one attached hydrogen (secondary N) is 1. The number of hydrogen-bond acceptors (Lipinski definition) is 5. The van der Waals surface area contributed by atoms with Crippen LogP contribution >= 0.6 is 0 Å². The SMILES string of the molecule is CCCCC/C=C\CCCCCCCC(=O)OC(CCCCC/C=C/CCCCCCCCC)CC(=O)NC(CO)C(O)CCCCCCCCCCC. The maximum atomic E-state index is 13.1. The number of rotatable bonds is 42. The summed E-state index contributed by atoms with van der Waals surface area (Å²) in [7, 11) is 0. The number of unbranched alkanes of at least 4 members (excludes halogenated alkanes) is 26. The van der Waals surface area contributed by atoms with Crippen LogP contribution in [0.1, 0.15) is 245 Å². The number of aliphatic hydroxyl groups excluding tert-OH is 2. The van der Waals surface area contributed by atoms with Crippen molar-refractivity contribution in [3.8, 4) is 0 Å². The second-order valence-electron chi connectivity index (χ2n) is 16.2. The highest BCUT2D eigenvalue weighted by molar-refractivity contribution is 5.77. The zero-order valence-corrected chi connectivity index (χ0v) is 36.1. The van der Waals surface area contributed by atoms with Gasteiger partial charge >= 0.3 is 5.97 Å². The first-order chi connectivity index (χ1) is 26.5. The zero-order chi connectivity index (χ0) is 39.6. The Morgan fingerprint density at radius 1 is 0.519 bits per heavy atom. The molecule has 0 heterocycles. The highest BCUT2D eigenvalue weighted by atomic mass is 16.5. The monoisotopic (exact) mass is 762 g/mol. The summed E-state index contributed by atoms with van der Waals surface area (Å²) < 4.78 is 5.90. The number of carbonyl (C=O) groups is 2. The number of aliphatic hydroxyl groups is 2. The molecule has 6 nitrogen and oxygen atoms in total. The van der Waals surface area contributed by atoms with Crippen molar-refractivity contribution in [1.29, 1.82) is 0 Å². The van der Waals surface area contributed by atoms with Crippen molar-refractivity contribution < 1.29 is 24.5 Å². The molecule has 0 aliphatic heterocycles.